The highest BCUT2D eigenvalue weighted by atomic mass is 16.5. The van der Waals surface area contributed by atoms with E-state index in [0.29, 0.717) is 68.3 Å². The van der Waals surface area contributed by atoms with E-state index < -0.39 is 5.97 Å². The van der Waals surface area contributed by atoms with Crippen LogP contribution < -0.4 is 14.2 Å². The van der Waals surface area contributed by atoms with Crippen LogP contribution in [0.4, 0.5) is 0 Å². The summed E-state index contributed by atoms with van der Waals surface area (Å²) in [6, 6.07) is 13.4. The van der Waals surface area contributed by atoms with E-state index in [1.165, 1.54) is 12.8 Å². The fraction of sp³-hybridized carbons (Fsp3) is 0.571. The Labute approximate surface area is 309 Å². The fourth-order valence-corrected chi connectivity index (χ4v) is 5.71. The quantitative estimate of drug-likeness (QED) is 0.0424. The van der Waals surface area contributed by atoms with Crippen LogP contribution in [0, 0.1) is 5.92 Å². The third-order valence-electron chi connectivity index (χ3n) is 8.88. The Hall–Kier alpha value is -4.18. The van der Waals surface area contributed by atoms with E-state index in [4.69, 9.17) is 28.4 Å². The molecule has 0 atom stereocenters. The molecule has 52 heavy (non-hydrogen) atoms. The highest BCUT2D eigenvalue weighted by molar-refractivity contribution is 5.91. The molecule has 0 heterocycles. The van der Waals surface area contributed by atoms with Gasteiger partial charge in [0.1, 0.15) is 17.2 Å². The summed E-state index contributed by atoms with van der Waals surface area (Å²) < 4.78 is 33.3. The Morgan fingerprint density at radius 1 is 0.635 bits per heavy atom. The minimum absolute atomic E-state index is 0.149. The van der Waals surface area contributed by atoms with Crippen molar-refractivity contribution in [3.63, 3.8) is 0 Å². The van der Waals surface area contributed by atoms with Gasteiger partial charge in [0, 0.05) is 18.6 Å². The van der Waals surface area contributed by atoms with Crippen molar-refractivity contribution in [2.75, 3.05) is 26.4 Å². The Morgan fingerprint density at radius 2 is 1.19 bits per heavy atom. The van der Waals surface area contributed by atoms with Crippen LogP contribution in [0.1, 0.15) is 127 Å². The zero-order chi connectivity index (χ0) is 37.4. The van der Waals surface area contributed by atoms with E-state index in [-0.39, 0.29) is 29.9 Å². The molecular weight excluding hydrogens is 664 g/mol. The monoisotopic (exact) mass is 722 g/mol. The highest BCUT2D eigenvalue weighted by Gasteiger charge is 2.28. The van der Waals surface area contributed by atoms with Gasteiger partial charge < -0.3 is 28.4 Å². The first kappa shape index (κ1) is 42.2. The van der Waals surface area contributed by atoms with Crippen molar-refractivity contribution >= 4 is 23.9 Å². The highest BCUT2D eigenvalue weighted by Crippen LogP contribution is 2.29. The first-order valence-corrected chi connectivity index (χ1v) is 19.1. The molecule has 3 rings (SSSR count). The number of esters is 4. The molecule has 2 aromatic carbocycles. The van der Waals surface area contributed by atoms with E-state index in [9.17, 15) is 19.2 Å². The third-order valence-corrected chi connectivity index (χ3v) is 8.88. The van der Waals surface area contributed by atoms with Gasteiger partial charge in [0.15, 0.2) is 0 Å². The summed E-state index contributed by atoms with van der Waals surface area (Å²) in [7, 11) is 0. The number of rotatable bonds is 25. The van der Waals surface area contributed by atoms with Crippen molar-refractivity contribution in [3.05, 3.63) is 66.2 Å². The number of carbonyl (C=O) groups excluding carboxylic acids is 4. The average molecular weight is 723 g/mol. The van der Waals surface area contributed by atoms with Gasteiger partial charge in [0.2, 0.25) is 0 Å². The predicted molar refractivity (Wildman–Crippen MR) is 198 cm³/mol. The summed E-state index contributed by atoms with van der Waals surface area (Å²) in [6.45, 7) is 9.43. The van der Waals surface area contributed by atoms with Gasteiger partial charge in [-0.05, 0) is 126 Å². The Bertz CT molecular complexity index is 1360. The number of ether oxygens (including phenoxy) is 6. The van der Waals surface area contributed by atoms with Crippen molar-refractivity contribution in [1.82, 2.24) is 0 Å². The second-order valence-corrected chi connectivity index (χ2v) is 13.4. The molecule has 0 saturated heterocycles. The second-order valence-electron chi connectivity index (χ2n) is 13.4. The molecule has 0 aliphatic heterocycles. The molecule has 0 unspecified atom stereocenters. The predicted octanol–water partition coefficient (Wildman–Crippen LogP) is 9.13. The molecule has 1 aliphatic rings. The molecule has 286 valence electrons. The molecule has 1 fully saturated rings. The van der Waals surface area contributed by atoms with Gasteiger partial charge in [-0.2, -0.15) is 0 Å². The maximum absolute atomic E-state index is 12.8. The third kappa shape index (κ3) is 17.4. The van der Waals surface area contributed by atoms with Gasteiger partial charge in [0.05, 0.1) is 37.4 Å². The summed E-state index contributed by atoms with van der Waals surface area (Å²) >= 11 is 0. The van der Waals surface area contributed by atoms with Gasteiger partial charge in [-0.3, -0.25) is 9.59 Å². The smallest absolute Gasteiger partial charge is 0.343 e. The lowest BCUT2D eigenvalue weighted by Gasteiger charge is -2.27. The van der Waals surface area contributed by atoms with Crippen LogP contribution in [0.15, 0.2) is 60.7 Å². The van der Waals surface area contributed by atoms with Crippen molar-refractivity contribution in [2.24, 2.45) is 5.92 Å². The minimum atomic E-state index is -0.474. The van der Waals surface area contributed by atoms with Gasteiger partial charge in [-0.1, -0.05) is 39.2 Å². The van der Waals surface area contributed by atoms with Crippen LogP contribution in [0.3, 0.4) is 0 Å². The molecule has 0 aromatic heterocycles. The number of benzene rings is 2. The molecule has 1 aliphatic carbocycles. The summed E-state index contributed by atoms with van der Waals surface area (Å²) in [5, 5.41) is 0. The van der Waals surface area contributed by atoms with Crippen molar-refractivity contribution in [2.45, 2.75) is 123 Å². The largest absolute Gasteiger partial charge is 0.494 e. The topological polar surface area (TPSA) is 124 Å². The molecule has 10 nitrogen and oxygen atoms in total. The second kappa shape index (κ2) is 24.9. The fourth-order valence-electron chi connectivity index (χ4n) is 5.71. The summed E-state index contributed by atoms with van der Waals surface area (Å²) in [5.74, 6) is 0.0381. The number of carbonyl (C=O) groups is 4. The summed E-state index contributed by atoms with van der Waals surface area (Å²) in [4.78, 5) is 48.6. The first-order chi connectivity index (χ1) is 25.2. The summed E-state index contributed by atoms with van der Waals surface area (Å²) in [6.07, 6.45) is 14.1. The molecule has 0 spiro atoms. The molecule has 0 amide bonds. The van der Waals surface area contributed by atoms with E-state index in [1.807, 2.05) is 0 Å². The van der Waals surface area contributed by atoms with Crippen LogP contribution in [0.25, 0.3) is 0 Å². The molecule has 1 saturated carbocycles. The first-order valence-electron chi connectivity index (χ1n) is 19.1. The van der Waals surface area contributed by atoms with Crippen molar-refractivity contribution in [3.8, 4) is 17.2 Å². The van der Waals surface area contributed by atoms with Gasteiger partial charge >= 0.3 is 23.9 Å². The van der Waals surface area contributed by atoms with E-state index in [1.54, 1.807) is 55.5 Å². The standard InChI is InChI=1S/C42H58O10/c1-4-5-6-11-28-47-35-20-16-33(17-21-35)41(45)51-37-24-26-38(27-25-37)52-42(46)34-18-22-36(23-19-34)48-29-12-7-8-13-30-49-39(43)15-10-9-14-31-50-40(44)32(2)3/h16-17,20-21,24-27,34,36H,2,4-15,18-19,22-23,28-31H2,1,3H3. The minimum Gasteiger partial charge on any atom is -0.494 e. The number of hydrogen-bond acceptors (Lipinski definition) is 10. The molecule has 0 N–H and O–H groups in total. The number of unbranched alkanes of at least 4 members (excludes halogenated alkanes) is 8. The molecular formula is C42H58O10. The van der Waals surface area contributed by atoms with Gasteiger partial charge in [-0.25, -0.2) is 9.59 Å². The zero-order valence-corrected chi connectivity index (χ0v) is 31.2. The lowest BCUT2D eigenvalue weighted by Crippen LogP contribution is -2.29. The maximum Gasteiger partial charge on any atom is 0.343 e. The van der Waals surface area contributed by atoms with E-state index in [0.717, 1.165) is 76.4 Å². The van der Waals surface area contributed by atoms with Crippen LogP contribution in [-0.4, -0.2) is 56.4 Å². The summed E-state index contributed by atoms with van der Waals surface area (Å²) in [5.41, 5.74) is 0.809. The molecule has 10 heteroatoms. The zero-order valence-electron chi connectivity index (χ0n) is 31.2. The molecule has 2 aromatic rings. The van der Waals surface area contributed by atoms with Crippen LogP contribution in [0.2, 0.25) is 0 Å². The Balaban J connectivity index is 1.19. The lowest BCUT2D eigenvalue weighted by molar-refractivity contribution is -0.144. The van der Waals surface area contributed by atoms with E-state index >= 15 is 0 Å². The van der Waals surface area contributed by atoms with Crippen LogP contribution in [0.5, 0.6) is 17.2 Å². The Kier molecular flexibility index (Phi) is 20.2. The van der Waals surface area contributed by atoms with Crippen molar-refractivity contribution in [1.29, 1.82) is 0 Å². The maximum atomic E-state index is 12.8. The van der Waals surface area contributed by atoms with Gasteiger partial charge in [0.25, 0.3) is 0 Å². The normalized spacial score (nSPS) is 15.3. The van der Waals surface area contributed by atoms with Crippen LogP contribution in [-0.2, 0) is 28.6 Å². The van der Waals surface area contributed by atoms with E-state index in [2.05, 4.69) is 13.5 Å². The lowest BCUT2D eigenvalue weighted by atomic mass is 9.87. The SMILES string of the molecule is C=C(C)C(=O)OCCCCCC(=O)OCCCCCCOC1CCC(C(=O)Oc2ccc(OC(=O)c3ccc(OCCCCCC)cc3)cc2)CC1. The van der Waals surface area contributed by atoms with Gasteiger partial charge in [-0.15, -0.1) is 0 Å². The Morgan fingerprint density at radius 3 is 1.85 bits per heavy atom. The molecule has 0 radical (unpaired) electrons. The van der Waals surface area contributed by atoms with Crippen LogP contribution >= 0.6 is 0 Å². The number of hydrogen-bond donors (Lipinski definition) is 0. The van der Waals surface area contributed by atoms with Crippen molar-refractivity contribution < 1.29 is 47.6 Å². The molecule has 0 bridgehead atoms. The average Bonchev–Trinajstić information content (AvgIpc) is 3.15.